The fourth-order valence-electron chi connectivity index (χ4n) is 5.77. The number of hydrogen-bond donors (Lipinski definition) is 2. The van der Waals surface area contributed by atoms with Gasteiger partial charge in [-0.3, -0.25) is 0 Å². The van der Waals surface area contributed by atoms with Crippen molar-refractivity contribution in [2.24, 2.45) is 17.3 Å². The number of phenolic OH excluding ortho intramolecular Hbond substituents is 1. The molecule has 0 spiro atoms. The molecule has 23 heavy (non-hydrogen) atoms. The third-order valence-corrected chi connectivity index (χ3v) is 6.95. The van der Waals surface area contributed by atoms with Crippen molar-refractivity contribution in [1.29, 1.82) is 0 Å². The summed E-state index contributed by atoms with van der Waals surface area (Å²) in [5.74, 6) is 4.63. The van der Waals surface area contributed by atoms with Gasteiger partial charge in [0.05, 0.1) is 0 Å². The molecule has 0 aliphatic heterocycles. The topological polar surface area (TPSA) is 40.5 Å². The Morgan fingerprint density at radius 1 is 1.17 bits per heavy atom. The molecule has 124 valence electrons. The highest BCUT2D eigenvalue weighted by atomic mass is 16.3. The maximum absolute atomic E-state index is 11.1. The van der Waals surface area contributed by atoms with E-state index in [1.54, 1.807) is 12.1 Å². The zero-order valence-electron chi connectivity index (χ0n) is 14.3. The maximum atomic E-state index is 11.1. The molecule has 0 bridgehead atoms. The van der Waals surface area contributed by atoms with Crippen LogP contribution in [-0.2, 0) is 0 Å². The molecule has 0 amide bonds. The van der Waals surface area contributed by atoms with Gasteiger partial charge in [-0.25, -0.2) is 0 Å². The van der Waals surface area contributed by atoms with Crippen LogP contribution in [0.1, 0.15) is 63.9 Å². The molecule has 2 nitrogen and oxygen atoms in total. The third-order valence-electron chi connectivity index (χ3n) is 6.95. The zero-order valence-corrected chi connectivity index (χ0v) is 14.3. The molecule has 1 aromatic rings. The van der Waals surface area contributed by atoms with Crippen molar-refractivity contribution >= 4 is 0 Å². The van der Waals surface area contributed by atoms with Gasteiger partial charge in [0.2, 0.25) is 0 Å². The minimum atomic E-state index is -0.931. The highest BCUT2D eigenvalue weighted by Crippen LogP contribution is 2.64. The van der Waals surface area contributed by atoms with E-state index in [-0.39, 0.29) is 5.41 Å². The first-order valence-corrected chi connectivity index (χ1v) is 9.00. The smallest absolute Gasteiger partial charge is 0.131 e. The second-order valence-electron chi connectivity index (χ2n) is 7.47. The maximum Gasteiger partial charge on any atom is 0.131 e. The van der Waals surface area contributed by atoms with Crippen molar-refractivity contribution in [1.82, 2.24) is 0 Å². The number of rotatable bonds is 3. The molecule has 0 aromatic heterocycles. The molecule has 1 aromatic carbocycles. The van der Waals surface area contributed by atoms with Crippen LogP contribution in [0.5, 0.6) is 5.75 Å². The Morgan fingerprint density at radius 3 is 2.43 bits per heavy atom. The van der Waals surface area contributed by atoms with Crippen LogP contribution < -0.4 is 0 Å². The lowest BCUT2D eigenvalue weighted by molar-refractivity contribution is -0.0779. The Kier molecular flexibility index (Phi) is 4.19. The summed E-state index contributed by atoms with van der Waals surface area (Å²) < 4.78 is 0. The molecule has 0 saturated heterocycles. The predicted molar refractivity (Wildman–Crippen MR) is 93.1 cm³/mol. The van der Waals surface area contributed by atoms with Crippen LogP contribution in [0.25, 0.3) is 0 Å². The van der Waals surface area contributed by atoms with Crippen LogP contribution in [-0.4, -0.2) is 15.8 Å². The molecule has 0 heterocycles. The molecule has 2 saturated carbocycles. The lowest BCUT2D eigenvalue weighted by Crippen LogP contribution is -2.50. The summed E-state index contributed by atoms with van der Waals surface area (Å²) >= 11 is 0. The third kappa shape index (κ3) is 2.29. The van der Waals surface area contributed by atoms with Crippen LogP contribution in [0.2, 0.25) is 0 Å². The zero-order chi connectivity index (χ0) is 16.7. The van der Waals surface area contributed by atoms with E-state index < -0.39 is 5.60 Å². The Hall–Kier alpha value is -1.46. The highest BCUT2D eigenvalue weighted by molar-refractivity contribution is 5.31. The predicted octanol–water partition coefficient (Wildman–Crippen LogP) is 4.47. The number of phenols is 1. The van der Waals surface area contributed by atoms with Crippen molar-refractivity contribution in [3.05, 3.63) is 29.8 Å². The van der Waals surface area contributed by atoms with E-state index in [1.165, 1.54) is 5.56 Å². The normalized spacial score (nSPS) is 39.7. The molecule has 2 fully saturated rings. The lowest BCUT2D eigenvalue weighted by atomic mass is 9.53. The second-order valence-corrected chi connectivity index (χ2v) is 7.47. The van der Waals surface area contributed by atoms with Gasteiger partial charge in [-0.15, -0.1) is 6.42 Å². The summed E-state index contributed by atoms with van der Waals surface area (Å²) in [5, 5.41) is 20.6. The quantitative estimate of drug-likeness (QED) is 0.809. The number of terminal acetylenes is 1. The van der Waals surface area contributed by atoms with Crippen LogP contribution >= 0.6 is 0 Å². The summed E-state index contributed by atoms with van der Waals surface area (Å²) in [4.78, 5) is 0. The molecule has 3 rings (SSSR count). The van der Waals surface area contributed by atoms with Crippen molar-refractivity contribution in [2.45, 2.75) is 63.9 Å². The molecular formula is C21H28O2. The monoisotopic (exact) mass is 312 g/mol. The van der Waals surface area contributed by atoms with Gasteiger partial charge in [-0.1, -0.05) is 38.3 Å². The fraction of sp³-hybridized carbons (Fsp3) is 0.619. The van der Waals surface area contributed by atoms with E-state index in [2.05, 4.69) is 31.9 Å². The van der Waals surface area contributed by atoms with Gasteiger partial charge >= 0.3 is 0 Å². The largest absolute Gasteiger partial charge is 0.508 e. The average Bonchev–Trinajstić information content (AvgIpc) is 2.89. The van der Waals surface area contributed by atoms with Gasteiger partial charge in [0.1, 0.15) is 11.4 Å². The van der Waals surface area contributed by atoms with Gasteiger partial charge in [0.25, 0.3) is 0 Å². The highest BCUT2D eigenvalue weighted by Gasteiger charge is 2.61. The van der Waals surface area contributed by atoms with Gasteiger partial charge in [0, 0.05) is 5.41 Å². The van der Waals surface area contributed by atoms with Gasteiger partial charge in [-0.2, -0.15) is 0 Å². The Labute approximate surface area is 139 Å². The lowest BCUT2D eigenvalue weighted by Gasteiger charge is -2.52. The SMILES string of the molecule is C#C[C@@]1(O)CC[C@@H]2[C@@H](CC)[C@H](c3ccc(O)cc3)CC[C@]21CC. The molecule has 2 heteroatoms. The first-order chi connectivity index (χ1) is 11.0. The summed E-state index contributed by atoms with van der Waals surface area (Å²) in [7, 11) is 0. The number of hydrogen-bond acceptors (Lipinski definition) is 2. The molecule has 2 aliphatic rings. The molecule has 0 unspecified atom stereocenters. The van der Waals surface area contributed by atoms with Crippen molar-refractivity contribution in [2.75, 3.05) is 0 Å². The summed E-state index contributed by atoms with van der Waals surface area (Å²) in [5.41, 5.74) is 0.269. The number of fused-ring (bicyclic) bond motifs is 1. The molecule has 2 aliphatic carbocycles. The first-order valence-electron chi connectivity index (χ1n) is 9.00. The average molecular weight is 312 g/mol. The van der Waals surface area contributed by atoms with E-state index in [0.29, 0.717) is 23.5 Å². The Bertz CT molecular complexity index is 599. The minimum absolute atomic E-state index is 0.115. The molecule has 0 radical (unpaired) electrons. The van der Waals surface area contributed by atoms with Crippen LogP contribution in [0.4, 0.5) is 0 Å². The van der Waals surface area contributed by atoms with E-state index in [1.807, 2.05) is 0 Å². The summed E-state index contributed by atoms with van der Waals surface area (Å²) in [6, 6.07) is 7.69. The molecule has 5 atom stereocenters. The number of aromatic hydroxyl groups is 1. The number of aliphatic hydroxyl groups is 1. The van der Waals surface area contributed by atoms with E-state index >= 15 is 0 Å². The summed E-state index contributed by atoms with van der Waals surface area (Å²) in [6.07, 6.45) is 11.7. The Balaban J connectivity index is 1.97. The van der Waals surface area contributed by atoms with Gasteiger partial charge < -0.3 is 10.2 Å². The fourth-order valence-corrected chi connectivity index (χ4v) is 5.77. The van der Waals surface area contributed by atoms with E-state index in [9.17, 15) is 10.2 Å². The molecule has 2 N–H and O–H groups in total. The van der Waals surface area contributed by atoms with Gasteiger partial charge in [0.15, 0.2) is 0 Å². The second kappa shape index (κ2) is 5.87. The van der Waals surface area contributed by atoms with Crippen molar-refractivity contribution < 1.29 is 10.2 Å². The standard InChI is InChI=1S/C21H28O2/c1-4-17-18(15-7-9-16(22)10-8-15)11-13-20(5-2)19(17)12-14-21(20,23)6-3/h3,7-10,17-19,22-23H,4-5,11-14H2,1-2H3/t17-,18-,19+,20+,21+/m0/s1. The first kappa shape index (κ1) is 16.4. The van der Waals surface area contributed by atoms with Crippen molar-refractivity contribution in [3.8, 4) is 18.1 Å². The minimum Gasteiger partial charge on any atom is -0.508 e. The van der Waals surface area contributed by atoms with Crippen LogP contribution in [0, 0.1) is 29.6 Å². The van der Waals surface area contributed by atoms with Crippen LogP contribution in [0.15, 0.2) is 24.3 Å². The number of benzene rings is 1. The molecular weight excluding hydrogens is 284 g/mol. The van der Waals surface area contributed by atoms with Crippen LogP contribution in [0.3, 0.4) is 0 Å². The Morgan fingerprint density at radius 2 is 1.87 bits per heavy atom. The van der Waals surface area contributed by atoms with Crippen molar-refractivity contribution in [3.63, 3.8) is 0 Å². The van der Waals surface area contributed by atoms with E-state index in [0.717, 1.165) is 38.5 Å². The van der Waals surface area contributed by atoms with Gasteiger partial charge in [-0.05, 0) is 67.6 Å². The summed E-state index contributed by atoms with van der Waals surface area (Å²) in [6.45, 7) is 4.45. The van der Waals surface area contributed by atoms with E-state index in [4.69, 9.17) is 6.42 Å².